The maximum absolute atomic E-state index is 12.5. The van der Waals surface area contributed by atoms with Crippen LogP contribution < -0.4 is 14.4 Å². The highest BCUT2D eigenvalue weighted by molar-refractivity contribution is 5.78. The normalized spacial score (nSPS) is 13.7. The van der Waals surface area contributed by atoms with Crippen molar-refractivity contribution in [2.45, 2.75) is 13.8 Å². The highest BCUT2D eigenvalue weighted by atomic mass is 16.5. The van der Waals surface area contributed by atoms with Crippen LogP contribution in [0.1, 0.15) is 12.5 Å². The Morgan fingerprint density at radius 2 is 1.69 bits per heavy atom. The lowest BCUT2D eigenvalue weighted by atomic mass is 10.1. The zero-order chi connectivity index (χ0) is 22.3. The van der Waals surface area contributed by atoms with Crippen molar-refractivity contribution in [3.05, 3.63) is 66.2 Å². The third-order valence-corrected chi connectivity index (χ3v) is 5.42. The van der Waals surface area contributed by atoms with Crippen molar-refractivity contribution in [2.75, 3.05) is 44.3 Å². The number of nitrogens with zero attached hydrogens (tertiary/aromatic N) is 4. The van der Waals surface area contributed by atoms with Crippen molar-refractivity contribution < 1.29 is 14.3 Å². The zero-order valence-electron chi connectivity index (χ0n) is 18.5. The minimum atomic E-state index is 0.00286. The molecule has 0 aliphatic carbocycles. The fraction of sp³-hybridized carbons (Fsp3) is 0.320. The fourth-order valence-corrected chi connectivity index (χ4v) is 3.66. The minimum Gasteiger partial charge on any atom is -0.494 e. The molecule has 166 valence electrons. The topological polar surface area (TPSA) is 67.8 Å². The summed E-state index contributed by atoms with van der Waals surface area (Å²) in [5, 5.41) is 8.80. The van der Waals surface area contributed by atoms with Crippen LogP contribution in [0.15, 0.2) is 60.7 Å². The maximum Gasteiger partial charge on any atom is 0.260 e. The second-order valence-corrected chi connectivity index (χ2v) is 7.71. The summed E-state index contributed by atoms with van der Waals surface area (Å²) in [5.74, 6) is 2.39. The van der Waals surface area contributed by atoms with Crippen LogP contribution in [0, 0.1) is 6.92 Å². The van der Waals surface area contributed by atoms with Gasteiger partial charge < -0.3 is 19.3 Å². The summed E-state index contributed by atoms with van der Waals surface area (Å²) in [4.78, 5) is 16.5. The second kappa shape index (κ2) is 10.1. The van der Waals surface area contributed by atoms with Crippen LogP contribution in [-0.4, -0.2) is 60.4 Å². The molecule has 1 amide bonds. The summed E-state index contributed by atoms with van der Waals surface area (Å²) in [6.45, 7) is 7.37. The summed E-state index contributed by atoms with van der Waals surface area (Å²) in [6.07, 6.45) is 0. The first-order valence-corrected chi connectivity index (χ1v) is 10.9. The smallest absolute Gasteiger partial charge is 0.260 e. The lowest BCUT2D eigenvalue weighted by Crippen LogP contribution is -2.50. The van der Waals surface area contributed by atoms with Crippen LogP contribution in [0.3, 0.4) is 0 Å². The number of aryl methyl sites for hydroxylation is 1. The SMILES string of the molecule is CCOc1ccc(-c2ccc(N3CCN(C(=O)COc4cccc(C)c4)CC3)nn2)cc1. The molecule has 0 radical (unpaired) electrons. The Kier molecular flexibility index (Phi) is 6.84. The van der Waals surface area contributed by atoms with E-state index >= 15 is 0 Å². The van der Waals surface area contributed by atoms with E-state index in [-0.39, 0.29) is 12.5 Å². The Morgan fingerprint density at radius 1 is 0.906 bits per heavy atom. The second-order valence-electron chi connectivity index (χ2n) is 7.71. The minimum absolute atomic E-state index is 0.00286. The number of hydrogen-bond donors (Lipinski definition) is 0. The molecule has 2 aromatic carbocycles. The monoisotopic (exact) mass is 432 g/mol. The number of aromatic nitrogens is 2. The van der Waals surface area contributed by atoms with Crippen LogP contribution in [0.4, 0.5) is 5.82 Å². The molecule has 0 N–H and O–H groups in total. The van der Waals surface area contributed by atoms with Crippen molar-refractivity contribution in [1.29, 1.82) is 0 Å². The van der Waals surface area contributed by atoms with Gasteiger partial charge in [-0.1, -0.05) is 12.1 Å². The van der Waals surface area contributed by atoms with Crippen molar-refractivity contribution in [3.63, 3.8) is 0 Å². The Balaban J connectivity index is 1.28. The van der Waals surface area contributed by atoms with Gasteiger partial charge in [0.25, 0.3) is 5.91 Å². The van der Waals surface area contributed by atoms with Gasteiger partial charge in [0.15, 0.2) is 12.4 Å². The quantitative estimate of drug-likeness (QED) is 0.569. The number of piperazine rings is 1. The summed E-state index contributed by atoms with van der Waals surface area (Å²) in [5.41, 5.74) is 2.92. The van der Waals surface area contributed by atoms with Crippen molar-refractivity contribution >= 4 is 11.7 Å². The molecule has 0 atom stereocenters. The maximum atomic E-state index is 12.5. The number of anilines is 1. The molecule has 1 saturated heterocycles. The highest BCUT2D eigenvalue weighted by Crippen LogP contribution is 2.22. The van der Waals surface area contributed by atoms with E-state index in [9.17, 15) is 4.79 Å². The van der Waals surface area contributed by atoms with Gasteiger partial charge in [-0.2, -0.15) is 0 Å². The number of rotatable bonds is 7. The lowest BCUT2D eigenvalue weighted by Gasteiger charge is -2.35. The molecule has 2 heterocycles. The summed E-state index contributed by atoms with van der Waals surface area (Å²) >= 11 is 0. The molecule has 3 aromatic rings. The summed E-state index contributed by atoms with van der Waals surface area (Å²) in [7, 11) is 0. The van der Waals surface area contributed by atoms with Gasteiger partial charge in [-0.25, -0.2) is 0 Å². The van der Waals surface area contributed by atoms with Gasteiger partial charge >= 0.3 is 0 Å². The van der Waals surface area contributed by atoms with E-state index in [2.05, 4.69) is 15.1 Å². The Labute approximate surface area is 188 Å². The van der Waals surface area contributed by atoms with E-state index in [0.29, 0.717) is 32.8 Å². The first kappa shape index (κ1) is 21.6. The van der Waals surface area contributed by atoms with E-state index in [1.54, 1.807) is 0 Å². The largest absolute Gasteiger partial charge is 0.494 e. The average molecular weight is 433 g/mol. The fourth-order valence-electron chi connectivity index (χ4n) is 3.66. The number of ether oxygens (including phenoxy) is 2. The van der Waals surface area contributed by atoms with E-state index in [4.69, 9.17) is 9.47 Å². The molecule has 1 aliphatic heterocycles. The standard InChI is InChI=1S/C25H28N4O3/c1-3-31-21-9-7-20(8-10-21)23-11-12-24(27-26-23)28-13-15-29(16-14-28)25(30)18-32-22-6-4-5-19(2)17-22/h4-12,17H,3,13-16,18H2,1-2H3. The Bertz CT molecular complexity index is 1030. The molecule has 1 aromatic heterocycles. The van der Waals surface area contributed by atoms with Gasteiger partial charge in [0.1, 0.15) is 11.5 Å². The number of benzene rings is 2. The molecule has 0 unspecified atom stereocenters. The Hall–Kier alpha value is -3.61. The summed E-state index contributed by atoms with van der Waals surface area (Å²) in [6, 6.07) is 19.5. The molecule has 7 nitrogen and oxygen atoms in total. The highest BCUT2D eigenvalue weighted by Gasteiger charge is 2.22. The molecule has 1 fully saturated rings. The van der Waals surface area contributed by atoms with Crippen molar-refractivity contribution in [1.82, 2.24) is 15.1 Å². The average Bonchev–Trinajstić information content (AvgIpc) is 2.84. The van der Waals surface area contributed by atoms with Crippen LogP contribution in [0.2, 0.25) is 0 Å². The van der Waals surface area contributed by atoms with E-state index in [0.717, 1.165) is 34.1 Å². The molecule has 32 heavy (non-hydrogen) atoms. The van der Waals surface area contributed by atoms with Gasteiger partial charge in [0.05, 0.1) is 12.3 Å². The van der Waals surface area contributed by atoms with Crippen LogP contribution in [0.5, 0.6) is 11.5 Å². The molecule has 0 spiro atoms. The molecular weight excluding hydrogens is 404 g/mol. The summed E-state index contributed by atoms with van der Waals surface area (Å²) < 4.78 is 11.1. The number of carbonyl (C=O) groups is 1. The molecule has 0 bridgehead atoms. The van der Waals surface area contributed by atoms with Gasteiger partial charge in [-0.3, -0.25) is 4.79 Å². The van der Waals surface area contributed by atoms with Gasteiger partial charge in [-0.15, -0.1) is 10.2 Å². The van der Waals surface area contributed by atoms with Crippen LogP contribution in [-0.2, 0) is 4.79 Å². The van der Waals surface area contributed by atoms with Crippen molar-refractivity contribution in [3.8, 4) is 22.8 Å². The van der Waals surface area contributed by atoms with Gasteiger partial charge in [0, 0.05) is 31.7 Å². The molecule has 7 heteroatoms. The van der Waals surface area contributed by atoms with Gasteiger partial charge in [-0.05, 0) is 67.9 Å². The molecule has 4 rings (SSSR count). The molecular formula is C25H28N4O3. The lowest BCUT2D eigenvalue weighted by molar-refractivity contribution is -0.133. The third-order valence-electron chi connectivity index (χ3n) is 5.42. The first-order chi connectivity index (χ1) is 15.6. The predicted molar refractivity (Wildman–Crippen MR) is 124 cm³/mol. The van der Waals surface area contributed by atoms with E-state index in [1.807, 2.05) is 79.4 Å². The van der Waals surface area contributed by atoms with E-state index < -0.39 is 0 Å². The number of amides is 1. The Morgan fingerprint density at radius 3 is 2.34 bits per heavy atom. The zero-order valence-corrected chi connectivity index (χ0v) is 18.5. The first-order valence-electron chi connectivity index (χ1n) is 10.9. The number of hydrogen-bond acceptors (Lipinski definition) is 6. The molecule has 1 aliphatic rings. The molecule has 0 saturated carbocycles. The van der Waals surface area contributed by atoms with Crippen LogP contribution >= 0.6 is 0 Å². The van der Waals surface area contributed by atoms with E-state index in [1.165, 1.54) is 0 Å². The van der Waals surface area contributed by atoms with Crippen LogP contribution in [0.25, 0.3) is 11.3 Å². The number of carbonyl (C=O) groups excluding carboxylic acids is 1. The third kappa shape index (κ3) is 5.35. The van der Waals surface area contributed by atoms with Gasteiger partial charge in [0.2, 0.25) is 0 Å². The predicted octanol–water partition coefficient (Wildman–Crippen LogP) is 3.58. The van der Waals surface area contributed by atoms with Crippen molar-refractivity contribution in [2.24, 2.45) is 0 Å².